The predicted molar refractivity (Wildman–Crippen MR) is 74.8 cm³/mol. The molecule has 0 bridgehead atoms. The van der Waals surface area contributed by atoms with Gasteiger partial charge in [-0.3, -0.25) is 4.90 Å². The van der Waals surface area contributed by atoms with Crippen LogP contribution in [0.4, 0.5) is 5.82 Å². The third kappa shape index (κ3) is 2.39. The maximum Gasteiger partial charge on any atom is 0.128 e. The lowest BCUT2D eigenvalue weighted by atomic mass is 10.2. The highest BCUT2D eigenvalue weighted by atomic mass is 79.9. The normalized spacial score (nSPS) is 29.1. The average Bonchev–Trinajstić information content (AvgIpc) is 2.99. The topological polar surface area (TPSA) is 39.6 Å². The minimum absolute atomic E-state index is 0.256. The largest absolute Gasteiger partial charge is 0.390 e. The second-order valence-electron chi connectivity index (χ2n) is 5.12. The zero-order valence-electron chi connectivity index (χ0n) is 10.3. The van der Waals surface area contributed by atoms with Gasteiger partial charge in [0.1, 0.15) is 5.82 Å². The van der Waals surface area contributed by atoms with E-state index >= 15 is 0 Å². The minimum atomic E-state index is -0.256. The van der Waals surface area contributed by atoms with Crippen LogP contribution in [-0.4, -0.2) is 53.3 Å². The van der Waals surface area contributed by atoms with Crippen LogP contribution < -0.4 is 4.90 Å². The molecule has 0 radical (unpaired) electrons. The number of pyridine rings is 1. The maximum atomic E-state index is 10.2. The third-order valence-corrected chi connectivity index (χ3v) is 4.37. The van der Waals surface area contributed by atoms with Crippen molar-refractivity contribution in [3.63, 3.8) is 0 Å². The van der Waals surface area contributed by atoms with Gasteiger partial charge in [-0.25, -0.2) is 4.98 Å². The summed E-state index contributed by atoms with van der Waals surface area (Å²) in [5.41, 5.74) is 0. The average molecular weight is 312 g/mol. The van der Waals surface area contributed by atoms with Gasteiger partial charge in [0.2, 0.25) is 0 Å². The van der Waals surface area contributed by atoms with Crippen molar-refractivity contribution >= 4 is 21.7 Å². The molecule has 0 amide bonds. The molecule has 18 heavy (non-hydrogen) atoms. The van der Waals surface area contributed by atoms with E-state index in [1.54, 1.807) is 0 Å². The van der Waals surface area contributed by atoms with Crippen molar-refractivity contribution in [1.29, 1.82) is 0 Å². The molecule has 1 aromatic heterocycles. The minimum Gasteiger partial charge on any atom is -0.390 e. The van der Waals surface area contributed by atoms with Gasteiger partial charge in [-0.2, -0.15) is 0 Å². The van der Waals surface area contributed by atoms with E-state index in [1.807, 2.05) is 18.3 Å². The summed E-state index contributed by atoms with van der Waals surface area (Å²) in [6, 6.07) is 4.28. The second kappa shape index (κ2) is 5.15. The molecule has 1 N–H and O–H groups in total. The van der Waals surface area contributed by atoms with E-state index in [0.717, 1.165) is 29.9 Å². The summed E-state index contributed by atoms with van der Waals surface area (Å²) >= 11 is 3.39. The van der Waals surface area contributed by atoms with Gasteiger partial charge in [0, 0.05) is 23.8 Å². The third-order valence-electron chi connectivity index (χ3n) is 3.90. The van der Waals surface area contributed by atoms with Crippen LogP contribution in [0.25, 0.3) is 0 Å². The molecule has 0 saturated carbocycles. The van der Waals surface area contributed by atoms with Crippen molar-refractivity contribution < 1.29 is 5.11 Å². The van der Waals surface area contributed by atoms with Crippen LogP contribution in [0.15, 0.2) is 22.8 Å². The molecule has 2 fully saturated rings. The van der Waals surface area contributed by atoms with Crippen molar-refractivity contribution in [3.8, 4) is 0 Å². The summed E-state index contributed by atoms with van der Waals surface area (Å²) in [7, 11) is 0. The van der Waals surface area contributed by atoms with E-state index in [1.165, 1.54) is 12.8 Å². The lowest BCUT2D eigenvalue weighted by Crippen LogP contribution is -2.41. The molecule has 0 aromatic carbocycles. The molecule has 4 nitrogen and oxygen atoms in total. The molecule has 2 atom stereocenters. The fourth-order valence-electron chi connectivity index (χ4n) is 2.94. The van der Waals surface area contributed by atoms with Crippen molar-refractivity contribution in [2.24, 2.45) is 0 Å². The molecular formula is C13H18BrN3O. The number of hydrogen-bond donors (Lipinski definition) is 1. The number of aliphatic hydroxyl groups excluding tert-OH is 1. The summed E-state index contributed by atoms with van der Waals surface area (Å²) in [5, 5.41) is 10.2. The Kier molecular flexibility index (Phi) is 3.54. The number of rotatable bonds is 2. The van der Waals surface area contributed by atoms with Gasteiger partial charge in [0.25, 0.3) is 0 Å². The summed E-state index contributed by atoms with van der Waals surface area (Å²) in [6.45, 7) is 3.83. The van der Waals surface area contributed by atoms with Crippen LogP contribution in [0.5, 0.6) is 0 Å². The lowest BCUT2D eigenvalue weighted by molar-refractivity contribution is 0.0986. The molecule has 2 aliphatic rings. The number of halogens is 1. The monoisotopic (exact) mass is 311 g/mol. The smallest absolute Gasteiger partial charge is 0.128 e. The van der Waals surface area contributed by atoms with E-state index in [4.69, 9.17) is 0 Å². The maximum absolute atomic E-state index is 10.2. The first-order chi connectivity index (χ1) is 8.74. The fourth-order valence-corrected chi connectivity index (χ4v) is 3.18. The molecule has 3 heterocycles. The highest BCUT2D eigenvalue weighted by Gasteiger charge is 2.36. The van der Waals surface area contributed by atoms with Crippen LogP contribution in [0.3, 0.4) is 0 Å². The van der Waals surface area contributed by atoms with Crippen molar-refractivity contribution in [2.75, 3.05) is 31.1 Å². The first kappa shape index (κ1) is 12.4. The zero-order chi connectivity index (χ0) is 12.5. The Morgan fingerprint density at radius 2 is 2.00 bits per heavy atom. The van der Waals surface area contributed by atoms with E-state index in [9.17, 15) is 5.11 Å². The number of hydrogen-bond acceptors (Lipinski definition) is 4. The fraction of sp³-hybridized carbons (Fsp3) is 0.615. The summed E-state index contributed by atoms with van der Waals surface area (Å²) < 4.78 is 0.988. The number of aliphatic hydroxyl groups is 1. The molecule has 2 aliphatic heterocycles. The van der Waals surface area contributed by atoms with Crippen LogP contribution >= 0.6 is 15.9 Å². The quantitative estimate of drug-likeness (QED) is 0.898. The van der Waals surface area contributed by atoms with Gasteiger partial charge in [0.15, 0.2) is 0 Å². The van der Waals surface area contributed by atoms with Gasteiger partial charge in [-0.1, -0.05) is 0 Å². The molecule has 2 saturated heterocycles. The molecule has 0 unspecified atom stereocenters. The van der Waals surface area contributed by atoms with Crippen LogP contribution in [-0.2, 0) is 0 Å². The number of β-amino-alcohol motifs (C(OH)–C–C–N with tert-alkyl or cyclic N) is 1. The highest BCUT2D eigenvalue weighted by molar-refractivity contribution is 9.10. The van der Waals surface area contributed by atoms with Crippen LogP contribution in [0.1, 0.15) is 12.8 Å². The summed E-state index contributed by atoms with van der Waals surface area (Å²) in [4.78, 5) is 9.01. The van der Waals surface area contributed by atoms with Gasteiger partial charge in [0.05, 0.1) is 12.1 Å². The molecule has 1 aromatic rings. The molecule has 5 heteroatoms. The van der Waals surface area contributed by atoms with Gasteiger partial charge < -0.3 is 10.0 Å². The van der Waals surface area contributed by atoms with Gasteiger partial charge >= 0.3 is 0 Å². The zero-order valence-corrected chi connectivity index (χ0v) is 11.9. The Morgan fingerprint density at radius 3 is 2.67 bits per heavy atom. The van der Waals surface area contributed by atoms with Crippen LogP contribution in [0, 0.1) is 0 Å². The SMILES string of the molecule is O[C@H]1CN(c2ccc(Br)cn2)C[C@@H]1N1CCCC1. The molecule has 98 valence electrons. The van der Waals surface area contributed by atoms with E-state index < -0.39 is 0 Å². The lowest BCUT2D eigenvalue weighted by Gasteiger charge is -2.25. The van der Waals surface area contributed by atoms with E-state index in [0.29, 0.717) is 6.54 Å². The predicted octanol–water partition coefficient (Wildman–Crippen LogP) is 1.49. The van der Waals surface area contributed by atoms with Crippen molar-refractivity contribution in [2.45, 2.75) is 25.0 Å². The Morgan fingerprint density at radius 1 is 1.22 bits per heavy atom. The molecular weight excluding hydrogens is 294 g/mol. The first-order valence-corrected chi connectivity index (χ1v) is 7.32. The van der Waals surface area contributed by atoms with E-state index in [-0.39, 0.29) is 12.1 Å². The number of aromatic nitrogens is 1. The number of nitrogens with zero attached hydrogens (tertiary/aromatic N) is 3. The Hall–Kier alpha value is -0.650. The summed E-state index contributed by atoms with van der Waals surface area (Å²) in [5.74, 6) is 0.957. The molecule has 0 spiro atoms. The van der Waals surface area contributed by atoms with Gasteiger partial charge in [-0.05, 0) is 54.0 Å². The van der Waals surface area contributed by atoms with Gasteiger partial charge in [-0.15, -0.1) is 0 Å². The van der Waals surface area contributed by atoms with E-state index in [2.05, 4.69) is 30.7 Å². The first-order valence-electron chi connectivity index (χ1n) is 6.52. The second-order valence-corrected chi connectivity index (χ2v) is 6.03. The number of anilines is 1. The number of likely N-dealkylation sites (tertiary alicyclic amines) is 1. The molecule has 0 aliphatic carbocycles. The molecule has 3 rings (SSSR count). The van der Waals surface area contributed by atoms with Crippen molar-refractivity contribution in [1.82, 2.24) is 9.88 Å². The standard InChI is InChI=1S/C13H18BrN3O/c14-10-3-4-13(15-7-10)17-8-11(12(18)9-17)16-5-1-2-6-16/h3-4,7,11-12,18H,1-2,5-6,8-9H2/t11-,12-/m0/s1. The Bertz CT molecular complexity index is 405. The Labute approximate surface area is 116 Å². The van der Waals surface area contributed by atoms with Crippen molar-refractivity contribution in [3.05, 3.63) is 22.8 Å². The summed E-state index contributed by atoms with van der Waals surface area (Å²) in [6.07, 6.45) is 4.08. The highest BCUT2D eigenvalue weighted by Crippen LogP contribution is 2.25. The van der Waals surface area contributed by atoms with Crippen LogP contribution in [0.2, 0.25) is 0 Å². The Balaban J connectivity index is 1.71.